The first-order valence-corrected chi connectivity index (χ1v) is 10.5. The number of rotatable bonds is 2. The molecule has 1 aromatic heterocycles. The summed E-state index contributed by atoms with van der Waals surface area (Å²) in [6.07, 6.45) is 0. The first-order chi connectivity index (χ1) is 15.3. The van der Waals surface area contributed by atoms with Crippen molar-refractivity contribution in [3.8, 4) is 22.8 Å². The molecule has 0 N–H and O–H groups in total. The Balaban J connectivity index is 1.53. The third-order valence-corrected chi connectivity index (χ3v) is 5.81. The second-order valence-corrected chi connectivity index (χ2v) is 7.84. The zero-order chi connectivity index (χ0) is 20.8. The molecule has 0 saturated heterocycles. The molecule has 4 heteroatoms. The highest BCUT2D eigenvalue weighted by molar-refractivity contribution is 6.28. The SMILES string of the molecule is Clc1nc(-c2ccc3c(ccc4ccccc43)c2)nc(-c2cccc3ccccc23)n1. The fraction of sp³-hybridized carbons (Fsp3) is 0. The van der Waals surface area contributed by atoms with E-state index in [1.807, 2.05) is 30.3 Å². The molecule has 0 amide bonds. The lowest BCUT2D eigenvalue weighted by Crippen LogP contribution is -1.97. The van der Waals surface area contributed by atoms with E-state index in [-0.39, 0.29) is 5.28 Å². The molecular formula is C27H16ClN3. The summed E-state index contributed by atoms with van der Waals surface area (Å²) >= 11 is 6.34. The molecular weight excluding hydrogens is 402 g/mol. The Morgan fingerprint density at radius 1 is 0.484 bits per heavy atom. The van der Waals surface area contributed by atoms with Gasteiger partial charge in [-0.1, -0.05) is 91.0 Å². The second-order valence-electron chi connectivity index (χ2n) is 7.50. The Kier molecular flexibility index (Phi) is 4.15. The smallest absolute Gasteiger partial charge is 0.208 e. The lowest BCUT2D eigenvalue weighted by molar-refractivity contribution is 1.07. The molecule has 0 aliphatic heterocycles. The van der Waals surface area contributed by atoms with E-state index >= 15 is 0 Å². The summed E-state index contributed by atoms with van der Waals surface area (Å²) in [6.45, 7) is 0. The molecule has 1 heterocycles. The van der Waals surface area contributed by atoms with Gasteiger partial charge in [0.1, 0.15) is 0 Å². The van der Waals surface area contributed by atoms with Crippen molar-refractivity contribution in [2.24, 2.45) is 0 Å². The number of hydrogen-bond acceptors (Lipinski definition) is 3. The number of nitrogens with zero attached hydrogens (tertiary/aromatic N) is 3. The van der Waals surface area contributed by atoms with Gasteiger partial charge in [-0.25, -0.2) is 4.98 Å². The molecule has 0 fully saturated rings. The van der Waals surface area contributed by atoms with Crippen molar-refractivity contribution in [3.05, 3.63) is 102 Å². The Morgan fingerprint density at radius 2 is 1.13 bits per heavy atom. The molecule has 0 spiro atoms. The van der Waals surface area contributed by atoms with Gasteiger partial charge >= 0.3 is 0 Å². The minimum absolute atomic E-state index is 0.187. The van der Waals surface area contributed by atoms with Crippen LogP contribution in [0.3, 0.4) is 0 Å². The minimum Gasteiger partial charge on any atom is -0.208 e. The average Bonchev–Trinajstić information content (AvgIpc) is 2.83. The molecule has 0 aliphatic carbocycles. The third kappa shape index (κ3) is 3.11. The predicted octanol–water partition coefficient (Wildman–Crippen LogP) is 7.32. The maximum Gasteiger partial charge on any atom is 0.226 e. The van der Waals surface area contributed by atoms with Crippen LogP contribution in [0.2, 0.25) is 5.28 Å². The first-order valence-electron chi connectivity index (χ1n) is 10.1. The van der Waals surface area contributed by atoms with Crippen LogP contribution in [-0.2, 0) is 0 Å². The Morgan fingerprint density at radius 3 is 2.00 bits per heavy atom. The summed E-state index contributed by atoms with van der Waals surface area (Å²) in [4.78, 5) is 13.6. The molecule has 5 aromatic carbocycles. The van der Waals surface area contributed by atoms with E-state index < -0.39 is 0 Å². The highest BCUT2D eigenvalue weighted by Gasteiger charge is 2.12. The van der Waals surface area contributed by atoms with Crippen LogP contribution in [0.1, 0.15) is 0 Å². The summed E-state index contributed by atoms with van der Waals surface area (Å²) in [6, 6.07) is 33.3. The number of aromatic nitrogens is 3. The number of halogens is 1. The van der Waals surface area contributed by atoms with Crippen molar-refractivity contribution in [1.29, 1.82) is 0 Å². The normalized spacial score (nSPS) is 11.4. The third-order valence-electron chi connectivity index (χ3n) is 5.64. The molecule has 0 radical (unpaired) electrons. The van der Waals surface area contributed by atoms with Gasteiger partial charge in [0.05, 0.1) is 0 Å². The monoisotopic (exact) mass is 417 g/mol. The zero-order valence-electron chi connectivity index (χ0n) is 16.5. The van der Waals surface area contributed by atoms with Crippen molar-refractivity contribution in [1.82, 2.24) is 15.0 Å². The van der Waals surface area contributed by atoms with E-state index in [0.29, 0.717) is 11.6 Å². The minimum atomic E-state index is 0.187. The van der Waals surface area contributed by atoms with Gasteiger partial charge in [0, 0.05) is 11.1 Å². The standard InChI is InChI=1S/C27H16ClN3/c28-27-30-25(29-26(31-27)24-11-5-8-17-6-1-4-10-22(17)24)20-14-15-23-19(16-20)13-12-18-7-2-3-9-21(18)23/h1-16H. The topological polar surface area (TPSA) is 38.7 Å². The quantitative estimate of drug-likeness (QED) is 0.277. The Bertz CT molecular complexity index is 1600. The fourth-order valence-electron chi connectivity index (χ4n) is 4.17. The Labute approximate surface area is 184 Å². The number of hydrogen-bond donors (Lipinski definition) is 0. The molecule has 0 aliphatic rings. The average molecular weight is 418 g/mol. The molecule has 0 atom stereocenters. The van der Waals surface area contributed by atoms with Gasteiger partial charge in [-0.15, -0.1) is 0 Å². The van der Waals surface area contributed by atoms with Gasteiger partial charge < -0.3 is 0 Å². The van der Waals surface area contributed by atoms with Crippen LogP contribution in [0.5, 0.6) is 0 Å². The van der Waals surface area contributed by atoms with Crippen molar-refractivity contribution in [2.75, 3.05) is 0 Å². The van der Waals surface area contributed by atoms with Crippen LogP contribution >= 0.6 is 11.6 Å². The van der Waals surface area contributed by atoms with Crippen molar-refractivity contribution < 1.29 is 0 Å². The Hall–Kier alpha value is -3.82. The molecule has 146 valence electrons. The zero-order valence-corrected chi connectivity index (χ0v) is 17.2. The van der Waals surface area contributed by atoms with E-state index in [0.717, 1.165) is 27.3 Å². The highest BCUT2D eigenvalue weighted by atomic mass is 35.5. The lowest BCUT2D eigenvalue weighted by atomic mass is 10.00. The van der Waals surface area contributed by atoms with Crippen molar-refractivity contribution in [2.45, 2.75) is 0 Å². The van der Waals surface area contributed by atoms with E-state index in [1.165, 1.54) is 16.2 Å². The van der Waals surface area contributed by atoms with Crippen LogP contribution < -0.4 is 0 Å². The van der Waals surface area contributed by atoms with E-state index in [1.54, 1.807) is 0 Å². The van der Waals surface area contributed by atoms with Crippen molar-refractivity contribution in [3.63, 3.8) is 0 Å². The highest BCUT2D eigenvalue weighted by Crippen LogP contribution is 2.31. The van der Waals surface area contributed by atoms with Crippen LogP contribution in [-0.4, -0.2) is 15.0 Å². The van der Waals surface area contributed by atoms with Gasteiger partial charge in [0.15, 0.2) is 11.6 Å². The largest absolute Gasteiger partial charge is 0.226 e. The van der Waals surface area contributed by atoms with Gasteiger partial charge in [-0.2, -0.15) is 9.97 Å². The maximum atomic E-state index is 6.34. The van der Waals surface area contributed by atoms with Gasteiger partial charge in [-0.3, -0.25) is 0 Å². The van der Waals surface area contributed by atoms with Gasteiger partial charge in [-0.05, 0) is 50.0 Å². The molecule has 0 unspecified atom stereocenters. The fourth-order valence-corrected chi connectivity index (χ4v) is 4.33. The van der Waals surface area contributed by atoms with E-state index in [9.17, 15) is 0 Å². The summed E-state index contributed by atoms with van der Waals surface area (Å²) in [5.74, 6) is 1.14. The maximum absolute atomic E-state index is 6.34. The molecule has 0 saturated carbocycles. The van der Waals surface area contributed by atoms with Gasteiger partial charge in [0.2, 0.25) is 5.28 Å². The molecule has 0 bridgehead atoms. The summed E-state index contributed by atoms with van der Waals surface area (Å²) < 4.78 is 0. The first kappa shape index (κ1) is 18.0. The van der Waals surface area contributed by atoms with Crippen LogP contribution in [0, 0.1) is 0 Å². The molecule has 6 rings (SSSR count). The van der Waals surface area contributed by atoms with Crippen LogP contribution in [0.4, 0.5) is 0 Å². The van der Waals surface area contributed by atoms with Crippen LogP contribution in [0.25, 0.3) is 55.1 Å². The number of benzene rings is 5. The summed E-state index contributed by atoms with van der Waals surface area (Å²) in [7, 11) is 0. The number of fused-ring (bicyclic) bond motifs is 4. The second kappa shape index (κ2) is 7.15. The van der Waals surface area contributed by atoms with E-state index in [4.69, 9.17) is 16.6 Å². The van der Waals surface area contributed by atoms with Crippen molar-refractivity contribution >= 4 is 43.9 Å². The van der Waals surface area contributed by atoms with E-state index in [2.05, 4.69) is 76.7 Å². The molecule has 6 aromatic rings. The predicted molar refractivity (Wildman–Crippen MR) is 128 cm³/mol. The molecule has 31 heavy (non-hydrogen) atoms. The molecule has 3 nitrogen and oxygen atoms in total. The van der Waals surface area contributed by atoms with Gasteiger partial charge in [0.25, 0.3) is 0 Å². The van der Waals surface area contributed by atoms with Crippen LogP contribution in [0.15, 0.2) is 97.1 Å². The lowest BCUT2D eigenvalue weighted by Gasteiger charge is -2.09. The summed E-state index contributed by atoms with van der Waals surface area (Å²) in [5, 5.41) is 7.21. The summed E-state index contributed by atoms with van der Waals surface area (Å²) in [5.41, 5.74) is 1.85.